The molecule has 0 radical (unpaired) electrons. The predicted molar refractivity (Wildman–Crippen MR) is 105 cm³/mol. The molecule has 1 amide bonds. The van der Waals surface area contributed by atoms with Gasteiger partial charge in [-0.3, -0.25) is 4.79 Å². The van der Waals surface area contributed by atoms with Crippen molar-refractivity contribution in [2.24, 2.45) is 0 Å². The van der Waals surface area contributed by atoms with E-state index < -0.39 is 0 Å². The number of rotatable bonds is 5. The van der Waals surface area contributed by atoms with Gasteiger partial charge < -0.3 is 23.7 Å². The van der Waals surface area contributed by atoms with Crippen molar-refractivity contribution in [2.75, 3.05) is 40.4 Å². The van der Waals surface area contributed by atoms with Crippen LogP contribution in [0.15, 0.2) is 29.0 Å². The monoisotopic (exact) mass is 385 g/mol. The molecule has 28 heavy (non-hydrogen) atoms. The molecule has 1 saturated heterocycles. The van der Waals surface area contributed by atoms with Crippen LogP contribution in [0.2, 0.25) is 0 Å². The molecule has 1 atom stereocenters. The number of nitrogens with zero attached hydrogens (tertiary/aromatic N) is 3. The normalized spacial score (nSPS) is 19.4. The first-order chi connectivity index (χ1) is 13.6. The molecule has 0 aliphatic carbocycles. The first-order valence-electron chi connectivity index (χ1n) is 9.92. The zero-order valence-corrected chi connectivity index (χ0v) is 16.5. The molecule has 1 aromatic carbocycles. The van der Waals surface area contributed by atoms with Gasteiger partial charge in [0.05, 0.1) is 0 Å². The largest absolute Gasteiger partial charge is 0.486 e. The zero-order valence-electron chi connectivity index (χ0n) is 16.5. The minimum Gasteiger partial charge on any atom is -0.486 e. The van der Waals surface area contributed by atoms with Crippen LogP contribution in [0.4, 0.5) is 0 Å². The Morgan fingerprint density at radius 1 is 1.25 bits per heavy atom. The maximum absolute atomic E-state index is 13.0. The van der Waals surface area contributed by atoms with Crippen LogP contribution < -0.4 is 9.47 Å². The number of carbonyl (C=O) groups excluding carboxylic acids is 1. The van der Waals surface area contributed by atoms with E-state index in [4.69, 9.17) is 13.9 Å². The van der Waals surface area contributed by atoms with Gasteiger partial charge in [-0.1, -0.05) is 6.42 Å². The van der Waals surface area contributed by atoms with Gasteiger partial charge in [-0.15, -0.1) is 0 Å². The van der Waals surface area contributed by atoms with Crippen LogP contribution in [0, 0.1) is 0 Å². The van der Waals surface area contributed by atoms with Crippen molar-refractivity contribution >= 4 is 5.91 Å². The summed E-state index contributed by atoms with van der Waals surface area (Å²) in [6, 6.07) is 6.08. The second kappa shape index (κ2) is 8.22. The number of fused-ring (bicyclic) bond motifs is 1. The van der Waals surface area contributed by atoms with Crippen LogP contribution in [-0.4, -0.2) is 67.1 Å². The minimum atomic E-state index is -0.128. The van der Waals surface area contributed by atoms with E-state index in [1.54, 1.807) is 4.90 Å². The van der Waals surface area contributed by atoms with Crippen LogP contribution in [0.25, 0.3) is 11.3 Å². The Morgan fingerprint density at radius 2 is 2.07 bits per heavy atom. The highest BCUT2D eigenvalue weighted by atomic mass is 16.6. The molecular formula is C21H27N3O4. The van der Waals surface area contributed by atoms with Crippen molar-refractivity contribution in [2.45, 2.75) is 31.7 Å². The van der Waals surface area contributed by atoms with E-state index >= 15 is 0 Å². The number of oxazole rings is 1. The minimum absolute atomic E-state index is 0.128. The Hall–Kier alpha value is -2.54. The third-order valence-electron chi connectivity index (χ3n) is 5.64. The number of piperidine rings is 1. The highest BCUT2D eigenvalue weighted by Gasteiger charge is 2.25. The lowest BCUT2D eigenvalue weighted by molar-refractivity contribution is 0.0766. The molecule has 0 N–H and O–H groups in total. The zero-order chi connectivity index (χ0) is 19.5. The van der Waals surface area contributed by atoms with Crippen LogP contribution in [0.5, 0.6) is 11.5 Å². The standard InChI is InChI=1S/C21H27N3O4/c1-23-9-4-3-5-16(23)8-10-24(2)21(25)19-20(28-14-22-19)15-6-7-17-18(13-15)27-12-11-26-17/h6-7,13-14,16H,3-5,8-12H2,1-2H3/t16-/m1/s1. The van der Waals surface area contributed by atoms with E-state index in [-0.39, 0.29) is 5.91 Å². The van der Waals surface area contributed by atoms with Gasteiger partial charge in [-0.05, 0) is 51.1 Å². The maximum atomic E-state index is 13.0. The number of aromatic nitrogens is 1. The summed E-state index contributed by atoms with van der Waals surface area (Å²) in [7, 11) is 4.00. The van der Waals surface area contributed by atoms with E-state index in [0.717, 1.165) is 18.5 Å². The summed E-state index contributed by atoms with van der Waals surface area (Å²) >= 11 is 0. The number of hydrogen-bond acceptors (Lipinski definition) is 6. The molecule has 1 fully saturated rings. The Labute approximate surface area is 165 Å². The molecule has 0 unspecified atom stereocenters. The number of likely N-dealkylation sites (tertiary alicyclic amines) is 1. The van der Waals surface area contributed by atoms with E-state index in [9.17, 15) is 4.79 Å². The third-order valence-corrected chi connectivity index (χ3v) is 5.64. The third kappa shape index (κ3) is 3.85. The van der Waals surface area contributed by atoms with Gasteiger partial charge in [0.2, 0.25) is 0 Å². The summed E-state index contributed by atoms with van der Waals surface area (Å²) in [6.07, 6.45) is 6.02. The molecule has 2 aromatic rings. The van der Waals surface area contributed by atoms with Crippen LogP contribution in [0.1, 0.15) is 36.2 Å². The molecule has 2 aliphatic rings. The number of ether oxygens (including phenoxy) is 2. The van der Waals surface area contributed by atoms with Gasteiger partial charge in [-0.25, -0.2) is 4.98 Å². The number of hydrogen-bond donors (Lipinski definition) is 0. The summed E-state index contributed by atoms with van der Waals surface area (Å²) < 4.78 is 16.8. The molecule has 4 rings (SSSR count). The lowest BCUT2D eigenvalue weighted by Crippen LogP contribution is -2.39. The molecule has 3 heterocycles. The lowest BCUT2D eigenvalue weighted by atomic mass is 10.00. The Morgan fingerprint density at radius 3 is 2.89 bits per heavy atom. The number of benzene rings is 1. The van der Waals surface area contributed by atoms with E-state index in [2.05, 4.69) is 16.9 Å². The van der Waals surface area contributed by atoms with Gasteiger partial charge >= 0.3 is 0 Å². The quantitative estimate of drug-likeness (QED) is 0.788. The molecule has 1 aromatic heterocycles. The smallest absolute Gasteiger partial charge is 0.276 e. The number of carbonyl (C=O) groups is 1. The first kappa shape index (κ1) is 18.8. The van der Waals surface area contributed by atoms with Crippen LogP contribution >= 0.6 is 0 Å². The lowest BCUT2D eigenvalue weighted by Gasteiger charge is -2.33. The average molecular weight is 385 g/mol. The van der Waals surface area contributed by atoms with E-state index in [0.29, 0.717) is 48.8 Å². The highest BCUT2D eigenvalue weighted by molar-refractivity contribution is 5.97. The molecule has 0 spiro atoms. The highest BCUT2D eigenvalue weighted by Crippen LogP contribution is 2.35. The Kier molecular flexibility index (Phi) is 5.52. The maximum Gasteiger partial charge on any atom is 0.276 e. The summed E-state index contributed by atoms with van der Waals surface area (Å²) in [4.78, 5) is 21.3. The molecule has 7 nitrogen and oxygen atoms in total. The molecule has 2 aliphatic heterocycles. The van der Waals surface area contributed by atoms with Crippen molar-refractivity contribution < 1.29 is 18.7 Å². The molecular weight excluding hydrogens is 358 g/mol. The number of amides is 1. The fourth-order valence-corrected chi connectivity index (χ4v) is 3.92. The van der Waals surface area contributed by atoms with Crippen molar-refractivity contribution in [1.29, 1.82) is 0 Å². The van der Waals surface area contributed by atoms with Crippen LogP contribution in [0.3, 0.4) is 0 Å². The molecule has 0 bridgehead atoms. The average Bonchev–Trinajstić information content (AvgIpc) is 3.22. The summed E-state index contributed by atoms with van der Waals surface area (Å²) in [5.41, 5.74) is 1.08. The summed E-state index contributed by atoms with van der Waals surface area (Å²) in [5, 5.41) is 0. The second-order valence-electron chi connectivity index (χ2n) is 7.53. The SMILES string of the molecule is CN(CC[C@H]1CCCCN1C)C(=O)c1ncoc1-c1ccc2c(c1)OCCO2. The topological polar surface area (TPSA) is 68.0 Å². The Bertz CT molecular complexity index is 835. The predicted octanol–water partition coefficient (Wildman–Crippen LogP) is 3.06. The van der Waals surface area contributed by atoms with Gasteiger partial charge in [-0.2, -0.15) is 0 Å². The van der Waals surface area contributed by atoms with Crippen molar-refractivity contribution in [3.63, 3.8) is 0 Å². The first-order valence-corrected chi connectivity index (χ1v) is 9.92. The summed E-state index contributed by atoms with van der Waals surface area (Å²) in [6.45, 7) is 2.89. The van der Waals surface area contributed by atoms with E-state index in [1.807, 2.05) is 25.2 Å². The van der Waals surface area contributed by atoms with E-state index in [1.165, 1.54) is 25.7 Å². The summed E-state index contributed by atoms with van der Waals surface area (Å²) in [5.74, 6) is 1.70. The molecule has 150 valence electrons. The van der Waals surface area contributed by atoms with Crippen molar-refractivity contribution in [3.8, 4) is 22.8 Å². The molecule has 0 saturated carbocycles. The van der Waals surface area contributed by atoms with Gasteiger partial charge in [0.1, 0.15) is 13.2 Å². The molecule has 7 heteroatoms. The van der Waals surface area contributed by atoms with Gasteiger partial charge in [0.15, 0.2) is 29.3 Å². The van der Waals surface area contributed by atoms with Crippen molar-refractivity contribution in [1.82, 2.24) is 14.8 Å². The van der Waals surface area contributed by atoms with Gasteiger partial charge in [0, 0.05) is 25.2 Å². The van der Waals surface area contributed by atoms with Crippen LogP contribution in [-0.2, 0) is 0 Å². The second-order valence-corrected chi connectivity index (χ2v) is 7.53. The fraction of sp³-hybridized carbons (Fsp3) is 0.524. The van der Waals surface area contributed by atoms with Gasteiger partial charge in [0.25, 0.3) is 5.91 Å². The fourth-order valence-electron chi connectivity index (χ4n) is 3.92. The van der Waals surface area contributed by atoms with Crippen molar-refractivity contribution in [3.05, 3.63) is 30.3 Å². The Balaban J connectivity index is 1.46.